The summed E-state index contributed by atoms with van der Waals surface area (Å²) in [6, 6.07) is 7.86. The molecule has 0 aliphatic rings. The summed E-state index contributed by atoms with van der Waals surface area (Å²) in [7, 11) is 1.65. The van der Waals surface area contributed by atoms with Gasteiger partial charge in [-0.25, -0.2) is 9.67 Å². The van der Waals surface area contributed by atoms with Crippen LogP contribution < -0.4 is 10.1 Å². The molecule has 0 saturated heterocycles. The third-order valence-electron chi connectivity index (χ3n) is 3.37. The molecule has 2 rings (SSSR count). The van der Waals surface area contributed by atoms with Gasteiger partial charge in [-0.2, -0.15) is 5.10 Å². The largest absolute Gasteiger partial charge is 0.497 e. The normalized spacial score (nSPS) is 11.3. The molecule has 1 heterocycles. The van der Waals surface area contributed by atoms with Crippen LogP contribution in [-0.4, -0.2) is 27.8 Å². The maximum Gasteiger partial charge on any atom is 0.217 e. The van der Waals surface area contributed by atoms with Crippen molar-refractivity contribution in [2.24, 2.45) is 0 Å². The van der Waals surface area contributed by atoms with Crippen molar-refractivity contribution < 1.29 is 9.53 Å². The number of aromatic nitrogens is 3. The molecular weight excluding hydrogens is 292 g/mol. The quantitative estimate of drug-likeness (QED) is 0.919. The number of ether oxygens (including phenoxy) is 1. The minimum absolute atomic E-state index is 0.0786. The van der Waals surface area contributed by atoms with E-state index >= 15 is 0 Å². The van der Waals surface area contributed by atoms with E-state index in [0.29, 0.717) is 13.0 Å². The first-order valence-electron chi connectivity index (χ1n) is 7.62. The second-order valence-electron chi connectivity index (χ2n) is 6.46. The summed E-state index contributed by atoms with van der Waals surface area (Å²) in [4.78, 5) is 15.7. The maximum atomic E-state index is 11.2. The number of amides is 1. The molecule has 2 aromatic rings. The number of benzene rings is 1. The second kappa shape index (κ2) is 6.81. The van der Waals surface area contributed by atoms with E-state index in [1.807, 2.05) is 28.9 Å². The SMILES string of the molecule is COc1ccc(Cc2nc(CNC(C)=O)n(C(C)(C)C)n2)cc1. The summed E-state index contributed by atoms with van der Waals surface area (Å²) in [6.45, 7) is 8.07. The average Bonchev–Trinajstić information content (AvgIpc) is 2.89. The maximum absolute atomic E-state index is 11.2. The van der Waals surface area contributed by atoms with Crippen LogP contribution in [0, 0.1) is 0 Å². The summed E-state index contributed by atoms with van der Waals surface area (Å²) in [6.07, 6.45) is 0.639. The van der Waals surface area contributed by atoms with Crippen LogP contribution in [-0.2, 0) is 23.3 Å². The molecule has 6 nitrogen and oxygen atoms in total. The highest BCUT2D eigenvalue weighted by atomic mass is 16.5. The highest BCUT2D eigenvalue weighted by Crippen LogP contribution is 2.18. The van der Waals surface area contributed by atoms with Crippen LogP contribution in [0.2, 0.25) is 0 Å². The molecule has 0 fully saturated rings. The number of nitrogens with one attached hydrogen (secondary N) is 1. The van der Waals surface area contributed by atoms with Crippen LogP contribution in [0.15, 0.2) is 24.3 Å². The zero-order valence-corrected chi connectivity index (χ0v) is 14.4. The fourth-order valence-electron chi connectivity index (χ4n) is 2.25. The van der Waals surface area contributed by atoms with Crippen molar-refractivity contribution in [3.8, 4) is 5.75 Å². The van der Waals surface area contributed by atoms with E-state index in [0.717, 1.165) is 23.0 Å². The van der Waals surface area contributed by atoms with Gasteiger partial charge in [0.1, 0.15) is 11.6 Å². The van der Waals surface area contributed by atoms with E-state index in [4.69, 9.17) is 4.74 Å². The fourth-order valence-corrected chi connectivity index (χ4v) is 2.25. The Morgan fingerprint density at radius 2 is 1.91 bits per heavy atom. The van der Waals surface area contributed by atoms with Gasteiger partial charge in [-0.1, -0.05) is 12.1 Å². The van der Waals surface area contributed by atoms with E-state index in [1.165, 1.54) is 6.92 Å². The molecule has 23 heavy (non-hydrogen) atoms. The fraction of sp³-hybridized carbons (Fsp3) is 0.471. The van der Waals surface area contributed by atoms with Crippen molar-refractivity contribution in [2.45, 2.75) is 46.2 Å². The van der Waals surface area contributed by atoms with Gasteiger partial charge in [-0.15, -0.1) is 0 Å². The van der Waals surface area contributed by atoms with Crippen LogP contribution in [0.3, 0.4) is 0 Å². The minimum Gasteiger partial charge on any atom is -0.497 e. The smallest absolute Gasteiger partial charge is 0.217 e. The highest BCUT2D eigenvalue weighted by Gasteiger charge is 2.21. The Morgan fingerprint density at radius 3 is 2.43 bits per heavy atom. The van der Waals surface area contributed by atoms with E-state index in [1.54, 1.807) is 7.11 Å². The van der Waals surface area contributed by atoms with Crippen LogP contribution in [0.4, 0.5) is 0 Å². The molecule has 0 radical (unpaired) electrons. The van der Waals surface area contributed by atoms with Gasteiger partial charge in [0, 0.05) is 13.3 Å². The van der Waals surface area contributed by atoms with Crippen molar-refractivity contribution >= 4 is 5.91 Å². The molecule has 0 spiro atoms. The average molecular weight is 316 g/mol. The van der Waals surface area contributed by atoms with Crippen molar-refractivity contribution in [1.82, 2.24) is 20.1 Å². The van der Waals surface area contributed by atoms with Crippen LogP contribution in [0.25, 0.3) is 0 Å². The van der Waals surface area contributed by atoms with Gasteiger partial charge < -0.3 is 10.1 Å². The zero-order valence-electron chi connectivity index (χ0n) is 14.4. The second-order valence-corrected chi connectivity index (χ2v) is 6.46. The molecule has 6 heteroatoms. The molecule has 0 aliphatic carbocycles. The first-order valence-corrected chi connectivity index (χ1v) is 7.62. The predicted octanol–water partition coefficient (Wildman–Crippen LogP) is 2.27. The Hall–Kier alpha value is -2.37. The molecule has 0 aliphatic heterocycles. The Balaban J connectivity index is 2.22. The summed E-state index contributed by atoms with van der Waals surface area (Å²) < 4.78 is 7.04. The number of carbonyl (C=O) groups excluding carboxylic acids is 1. The summed E-state index contributed by atoms with van der Waals surface area (Å²) in [5, 5.41) is 7.41. The summed E-state index contributed by atoms with van der Waals surface area (Å²) >= 11 is 0. The zero-order chi connectivity index (χ0) is 17.0. The summed E-state index contributed by atoms with van der Waals surface area (Å²) in [5.74, 6) is 2.25. The molecule has 0 saturated carbocycles. The van der Waals surface area contributed by atoms with Crippen LogP contribution >= 0.6 is 0 Å². The number of methoxy groups -OCH3 is 1. The van der Waals surface area contributed by atoms with Crippen molar-refractivity contribution in [3.05, 3.63) is 41.5 Å². The Bertz CT molecular complexity index is 669. The first kappa shape index (κ1) is 17.0. The molecular formula is C17H24N4O2. The number of hydrogen-bond acceptors (Lipinski definition) is 4. The van der Waals surface area contributed by atoms with Gasteiger partial charge in [-0.3, -0.25) is 4.79 Å². The molecule has 1 aromatic heterocycles. The lowest BCUT2D eigenvalue weighted by Crippen LogP contribution is -2.29. The Labute approximate surface area is 136 Å². The number of nitrogens with zero attached hydrogens (tertiary/aromatic N) is 3. The highest BCUT2D eigenvalue weighted by molar-refractivity contribution is 5.72. The molecule has 0 unspecified atom stereocenters. The van der Waals surface area contributed by atoms with Crippen molar-refractivity contribution in [1.29, 1.82) is 0 Å². The molecule has 1 amide bonds. The standard InChI is InChI=1S/C17H24N4O2/c1-12(22)18-11-16-19-15(20-21(16)17(2,3)4)10-13-6-8-14(23-5)9-7-13/h6-9H,10-11H2,1-5H3,(H,18,22). The van der Waals surface area contributed by atoms with Gasteiger partial charge in [-0.05, 0) is 38.5 Å². The van der Waals surface area contributed by atoms with Crippen molar-refractivity contribution in [3.63, 3.8) is 0 Å². The lowest BCUT2D eigenvalue weighted by Gasteiger charge is -2.21. The Morgan fingerprint density at radius 1 is 1.26 bits per heavy atom. The first-order chi connectivity index (χ1) is 10.8. The van der Waals surface area contributed by atoms with E-state index in [9.17, 15) is 4.79 Å². The monoisotopic (exact) mass is 316 g/mol. The van der Waals surface area contributed by atoms with Gasteiger partial charge in [0.25, 0.3) is 0 Å². The predicted molar refractivity (Wildman–Crippen MR) is 88.3 cm³/mol. The van der Waals surface area contributed by atoms with E-state index in [-0.39, 0.29) is 11.4 Å². The number of carbonyl (C=O) groups is 1. The van der Waals surface area contributed by atoms with Gasteiger partial charge >= 0.3 is 0 Å². The third kappa shape index (κ3) is 4.55. The number of hydrogen-bond donors (Lipinski definition) is 1. The van der Waals surface area contributed by atoms with Crippen LogP contribution in [0.5, 0.6) is 5.75 Å². The molecule has 124 valence electrons. The molecule has 1 N–H and O–H groups in total. The molecule has 0 atom stereocenters. The Kier molecular flexibility index (Phi) is 5.03. The van der Waals surface area contributed by atoms with E-state index < -0.39 is 0 Å². The molecule has 1 aromatic carbocycles. The topological polar surface area (TPSA) is 69.0 Å². The lowest BCUT2D eigenvalue weighted by atomic mass is 10.1. The molecule has 0 bridgehead atoms. The van der Waals surface area contributed by atoms with E-state index in [2.05, 4.69) is 36.2 Å². The lowest BCUT2D eigenvalue weighted by molar-refractivity contribution is -0.119. The summed E-state index contributed by atoms with van der Waals surface area (Å²) in [5.41, 5.74) is 0.918. The van der Waals surface area contributed by atoms with Gasteiger partial charge in [0.15, 0.2) is 5.82 Å². The minimum atomic E-state index is -0.195. The van der Waals surface area contributed by atoms with Crippen LogP contribution in [0.1, 0.15) is 44.9 Å². The van der Waals surface area contributed by atoms with Gasteiger partial charge in [0.2, 0.25) is 5.91 Å². The van der Waals surface area contributed by atoms with Crippen molar-refractivity contribution in [2.75, 3.05) is 7.11 Å². The third-order valence-corrected chi connectivity index (χ3v) is 3.37. The van der Waals surface area contributed by atoms with Gasteiger partial charge in [0.05, 0.1) is 19.2 Å². The number of rotatable bonds is 5.